The van der Waals surface area contributed by atoms with Gasteiger partial charge in [0.1, 0.15) is 0 Å². The molecular formula is C18H19N3O3. The van der Waals surface area contributed by atoms with Crippen molar-refractivity contribution in [1.29, 1.82) is 0 Å². The lowest BCUT2D eigenvalue weighted by Gasteiger charge is -2.04. The van der Waals surface area contributed by atoms with E-state index in [1.54, 1.807) is 31.7 Å². The Morgan fingerprint density at radius 3 is 2.75 bits per heavy atom. The summed E-state index contributed by atoms with van der Waals surface area (Å²) in [6.07, 6.45) is 1.65. The van der Waals surface area contributed by atoms with Crippen LogP contribution in [0.25, 0.3) is 11.0 Å². The molecule has 0 saturated heterocycles. The SMILES string of the molecule is CCOC(=O)c1c(C)[nH]c(C(=O)Cn2cnc3ccccc32)c1C. The number of benzene rings is 1. The van der Waals surface area contributed by atoms with Crippen molar-refractivity contribution < 1.29 is 14.3 Å². The van der Waals surface area contributed by atoms with Crippen molar-refractivity contribution in [1.82, 2.24) is 14.5 Å². The average molecular weight is 325 g/mol. The van der Waals surface area contributed by atoms with E-state index < -0.39 is 5.97 Å². The number of para-hydroxylation sites is 2. The van der Waals surface area contributed by atoms with Gasteiger partial charge in [0, 0.05) is 5.69 Å². The van der Waals surface area contributed by atoms with E-state index in [0.717, 1.165) is 11.0 Å². The van der Waals surface area contributed by atoms with Crippen LogP contribution in [0.1, 0.15) is 39.0 Å². The molecule has 0 bridgehead atoms. The third-order valence-electron chi connectivity index (χ3n) is 4.04. The zero-order valence-electron chi connectivity index (χ0n) is 13.9. The molecule has 0 fully saturated rings. The first-order chi connectivity index (χ1) is 11.5. The summed E-state index contributed by atoms with van der Waals surface area (Å²) in [4.78, 5) is 32.1. The van der Waals surface area contributed by atoms with E-state index in [4.69, 9.17) is 4.74 Å². The first-order valence-corrected chi connectivity index (χ1v) is 7.82. The Hall–Kier alpha value is -2.89. The van der Waals surface area contributed by atoms with Crippen LogP contribution in [0.5, 0.6) is 0 Å². The van der Waals surface area contributed by atoms with Gasteiger partial charge < -0.3 is 14.3 Å². The van der Waals surface area contributed by atoms with Crippen molar-refractivity contribution in [2.24, 2.45) is 0 Å². The summed E-state index contributed by atoms with van der Waals surface area (Å²) in [5.74, 6) is -0.509. The number of Topliss-reactive ketones (excluding diaryl/α,β-unsaturated/α-hetero) is 1. The highest BCUT2D eigenvalue weighted by Crippen LogP contribution is 2.21. The van der Waals surface area contributed by atoms with Gasteiger partial charge in [-0.3, -0.25) is 4.79 Å². The topological polar surface area (TPSA) is 77.0 Å². The summed E-state index contributed by atoms with van der Waals surface area (Å²) in [5, 5.41) is 0. The van der Waals surface area contributed by atoms with E-state index in [-0.39, 0.29) is 12.3 Å². The van der Waals surface area contributed by atoms with Crippen LogP contribution in [0.2, 0.25) is 0 Å². The number of aromatic nitrogens is 3. The molecule has 0 aliphatic heterocycles. The van der Waals surface area contributed by atoms with Gasteiger partial charge in [-0.2, -0.15) is 0 Å². The maximum atomic E-state index is 12.7. The number of rotatable bonds is 5. The molecule has 124 valence electrons. The number of aromatic amines is 1. The van der Waals surface area contributed by atoms with E-state index >= 15 is 0 Å². The number of nitrogens with zero attached hydrogens (tertiary/aromatic N) is 2. The van der Waals surface area contributed by atoms with Crippen LogP contribution in [-0.2, 0) is 11.3 Å². The number of ether oxygens (including phenoxy) is 1. The molecule has 2 aromatic heterocycles. The normalized spacial score (nSPS) is 11.0. The molecule has 0 radical (unpaired) electrons. The average Bonchev–Trinajstić information content (AvgIpc) is 3.09. The lowest BCUT2D eigenvalue weighted by molar-refractivity contribution is 0.0525. The number of carbonyl (C=O) groups excluding carboxylic acids is 2. The summed E-state index contributed by atoms with van der Waals surface area (Å²) in [6.45, 7) is 5.74. The Labute approximate surface area is 139 Å². The highest BCUT2D eigenvalue weighted by Gasteiger charge is 2.23. The van der Waals surface area contributed by atoms with Crippen LogP contribution in [0.15, 0.2) is 30.6 Å². The Balaban J connectivity index is 1.91. The fourth-order valence-corrected chi connectivity index (χ4v) is 2.91. The van der Waals surface area contributed by atoms with Gasteiger partial charge in [0.25, 0.3) is 0 Å². The predicted octanol–water partition coefficient (Wildman–Crippen LogP) is 3.04. The second-order valence-corrected chi connectivity index (χ2v) is 5.63. The third-order valence-corrected chi connectivity index (χ3v) is 4.04. The Bertz CT molecular complexity index is 921. The van der Waals surface area contributed by atoms with Crippen LogP contribution in [-0.4, -0.2) is 32.9 Å². The van der Waals surface area contributed by atoms with Gasteiger partial charge in [-0.05, 0) is 38.5 Å². The number of nitrogens with one attached hydrogen (secondary N) is 1. The van der Waals surface area contributed by atoms with Gasteiger partial charge in [-0.25, -0.2) is 9.78 Å². The van der Waals surface area contributed by atoms with Gasteiger partial charge in [0.05, 0.1) is 41.8 Å². The van der Waals surface area contributed by atoms with Gasteiger partial charge in [-0.1, -0.05) is 12.1 Å². The van der Waals surface area contributed by atoms with Crippen molar-refractivity contribution >= 4 is 22.8 Å². The molecule has 0 atom stereocenters. The number of hydrogen-bond acceptors (Lipinski definition) is 4. The molecule has 3 aromatic rings. The lowest BCUT2D eigenvalue weighted by atomic mass is 10.1. The second kappa shape index (κ2) is 6.31. The van der Waals surface area contributed by atoms with E-state index in [9.17, 15) is 9.59 Å². The first-order valence-electron chi connectivity index (χ1n) is 7.82. The molecular weight excluding hydrogens is 306 g/mol. The number of carbonyl (C=O) groups is 2. The van der Waals surface area contributed by atoms with Gasteiger partial charge in [-0.15, -0.1) is 0 Å². The lowest BCUT2D eigenvalue weighted by Crippen LogP contribution is -2.12. The van der Waals surface area contributed by atoms with Crippen LogP contribution < -0.4 is 0 Å². The fourth-order valence-electron chi connectivity index (χ4n) is 2.91. The third kappa shape index (κ3) is 2.71. The molecule has 6 nitrogen and oxygen atoms in total. The maximum absolute atomic E-state index is 12.7. The molecule has 0 aliphatic rings. The van der Waals surface area contributed by atoms with Crippen molar-refractivity contribution in [2.75, 3.05) is 6.61 Å². The zero-order valence-corrected chi connectivity index (χ0v) is 13.9. The largest absolute Gasteiger partial charge is 0.462 e. The number of esters is 1. The second-order valence-electron chi connectivity index (χ2n) is 5.63. The predicted molar refractivity (Wildman–Crippen MR) is 90.3 cm³/mol. The zero-order chi connectivity index (χ0) is 17.3. The van der Waals surface area contributed by atoms with Crippen LogP contribution in [0, 0.1) is 13.8 Å². The highest BCUT2D eigenvalue weighted by molar-refractivity contribution is 6.01. The molecule has 0 aliphatic carbocycles. The van der Waals surface area contributed by atoms with Crippen molar-refractivity contribution in [3.8, 4) is 0 Å². The molecule has 0 spiro atoms. The molecule has 0 unspecified atom stereocenters. The van der Waals surface area contributed by atoms with E-state index in [0.29, 0.717) is 29.1 Å². The quantitative estimate of drug-likeness (QED) is 0.578. The number of aryl methyl sites for hydroxylation is 1. The summed E-state index contributed by atoms with van der Waals surface area (Å²) in [6, 6.07) is 7.64. The minimum absolute atomic E-state index is 0.102. The Morgan fingerprint density at radius 2 is 2.00 bits per heavy atom. The molecule has 1 N–H and O–H groups in total. The Kier molecular flexibility index (Phi) is 4.20. The molecule has 2 heterocycles. The van der Waals surface area contributed by atoms with E-state index in [2.05, 4.69) is 9.97 Å². The number of H-pyrrole nitrogens is 1. The molecule has 3 rings (SSSR count). The first kappa shape index (κ1) is 16.0. The monoisotopic (exact) mass is 325 g/mol. The maximum Gasteiger partial charge on any atom is 0.340 e. The van der Waals surface area contributed by atoms with Crippen LogP contribution in [0.3, 0.4) is 0 Å². The highest BCUT2D eigenvalue weighted by atomic mass is 16.5. The summed E-state index contributed by atoms with van der Waals surface area (Å²) < 4.78 is 6.86. The van der Waals surface area contributed by atoms with Gasteiger partial charge in [0.15, 0.2) is 5.78 Å². The standard InChI is InChI=1S/C18H19N3O3/c1-4-24-18(23)16-11(2)17(20-12(16)3)15(22)9-21-10-19-13-7-5-6-8-14(13)21/h5-8,10,20H,4,9H2,1-3H3. The number of ketones is 1. The summed E-state index contributed by atoms with van der Waals surface area (Å²) >= 11 is 0. The molecule has 1 aromatic carbocycles. The van der Waals surface area contributed by atoms with E-state index in [1.807, 2.05) is 24.3 Å². The summed E-state index contributed by atoms with van der Waals surface area (Å²) in [7, 11) is 0. The Morgan fingerprint density at radius 1 is 1.25 bits per heavy atom. The van der Waals surface area contributed by atoms with Crippen molar-refractivity contribution in [2.45, 2.75) is 27.3 Å². The minimum atomic E-state index is -0.407. The van der Waals surface area contributed by atoms with E-state index in [1.165, 1.54) is 0 Å². The van der Waals surface area contributed by atoms with Crippen LogP contribution in [0.4, 0.5) is 0 Å². The number of hydrogen-bond donors (Lipinski definition) is 1. The molecule has 0 saturated carbocycles. The smallest absolute Gasteiger partial charge is 0.340 e. The molecule has 6 heteroatoms. The molecule has 0 amide bonds. The van der Waals surface area contributed by atoms with Crippen molar-refractivity contribution in [3.63, 3.8) is 0 Å². The molecule has 24 heavy (non-hydrogen) atoms. The van der Waals surface area contributed by atoms with Gasteiger partial charge in [0.2, 0.25) is 0 Å². The fraction of sp³-hybridized carbons (Fsp3) is 0.278. The number of fused-ring (bicyclic) bond motifs is 1. The number of imidazole rings is 1. The minimum Gasteiger partial charge on any atom is -0.462 e. The van der Waals surface area contributed by atoms with Crippen molar-refractivity contribution in [3.05, 3.63) is 53.1 Å². The summed E-state index contributed by atoms with van der Waals surface area (Å²) in [5.41, 5.74) is 3.89. The van der Waals surface area contributed by atoms with Gasteiger partial charge >= 0.3 is 5.97 Å². The van der Waals surface area contributed by atoms with Crippen LogP contribution >= 0.6 is 0 Å².